The van der Waals surface area contributed by atoms with Crippen LogP contribution in [0.3, 0.4) is 0 Å². The van der Waals surface area contributed by atoms with Crippen LogP contribution >= 0.6 is 0 Å². The van der Waals surface area contributed by atoms with E-state index >= 15 is 0 Å². The van der Waals surface area contributed by atoms with Crippen LogP contribution in [0.5, 0.6) is 0 Å². The molecule has 0 aliphatic carbocycles. The summed E-state index contributed by atoms with van der Waals surface area (Å²) in [5.74, 6) is -1.98. The summed E-state index contributed by atoms with van der Waals surface area (Å²) >= 11 is 0. The number of hydrogen-bond donors (Lipinski definition) is 0. The Labute approximate surface area is 153 Å². The van der Waals surface area contributed by atoms with Crippen LogP contribution in [-0.4, -0.2) is 32.4 Å². The molecule has 1 aromatic heterocycles. The molecule has 1 amide bonds. The lowest BCUT2D eigenvalue weighted by atomic mass is 10.1. The van der Waals surface area contributed by atoms with E-state index in [0.29, 0.717) is 15.1 Å². The molecule has 140 valence electrons. The van der Waals surface area contributed by atoms with Crippen molar-refractivity contribution in [2.45, 2.75) is 20.8 Å². The van der Waals surface area contributed by atoms with Crippen molar-refractivity contribution in [1.82, 2.24) is 19.8 Å². The van der Waals surface area contributed by atoms with Crippen molar-refractivity contribution < 1.29 is 13.6 Å². The summed E-state index contributed by atoms with van der Waals surface area (Å²) in [6.45, 7) is 5.76. The smallest absolute Gasteiger partial charge is 0.292 e. The minimum Gasteiger partial charge on any atom is -0.292 e. The van der Waals surface area contributed by atoms with Gasteiger partial charge in [-0.2, -0.15) is 4.68 Å². The molecule has 0 atom stereocenters. The summed E-state index contributed by atoms with van der Waals surface area (Å²) in [5, 5.41) is 6.97. The molecule has 3 rings (SSSR count). The van der Waals surface area contributed by atoms with Crippen molar-refractivity contribution in [3.05, 3.63) is 69.6 Å². The van der Waals surface area contributed by atoms with E-state index in [0.717, 1.165) is 29.3 Å². The first kappa shape index (κ1) is 18.4. The molecule has 0 saturated carbocycles. The highest BCUT2D eigenvalue weighted by atomic mass is 19.1. The number of hydrogen-bond acceptors (Lipinski definition) is 4. The summed E-state index contributed by atoms with van der Waals surface area (Å²) in [6.07, 6.45) is 0. The minimum absolute atomic E-state index is 0.260. The molecule has 0 aliphatic heterocycles. The number of carbonyl (C=O) groups excluding carboxylic acids is 1. The maximum absolute atomic E-state index is 13.9. The molecule has 0 unspecified atom stereocenters. The maximum atomic E-state index is 13.9. The molecule has 3 aromatic rings. The molecule has 1 heterocycles. The summed E-state index contributed by atoms with van der Waals surface area (Å²) < 4.78 is 28.8. The van der Waals surface area contributed by atoms with Gasteiger partial charge in [0.15, 0.2) is 11.6 Å². The highest BCUT2D eigenvalue weighted by Gasteiger charge is 2.25. The lowest BCUT2D eigenvalue weighted by molar-refractivity contribution is 0.244. The van der Waals surface area contributed by atoms with Gasteiger partial charge in [0.25, 0.3) is 0 Å². The molecule has 0 radical (unpaired) electrons. The Morgan fingerprint density at radius 2 is 1.78 bits per heavy atom. The molecule has 0 bridgehead atoms. The van der Waals surface area contributed by atoms with Gasteiger partial charge in [-0.05, 0) is 55.0 Å². The van der Waals surface area contributed by atoms with E-state index in [4.69, 9.17) is 0 Å². The molecular weight excluding hydrogens is 356 g/mol. The maximum Gasteiger partial charge on any atom is 0.377 e. The topological polar surface area (TPSA) is 73.0 Å². The molecule has 0 spiro atoms. The largest absolute Gasteiger partial charge is 0.377 e. The quantitative estimate of drug-likeness (QED) is 0.662. The molecule has 0 N–H and O–H groups in total. The third-order valence-electron chi connectivity index (χ3n) is 4.10. The van der Waals surface area contributed by atoms with Gasteiger partial charge in [-0.1, -0.05) is 23.8 Å². The van der Waals surface area contributed by atoms with Crippen molar-refractivity contribution in [1.29, 1.82) is 0 Å². The Morgan fingerprint density at radius 1 is 1.11 bits per heavy atom. The molecule has 7 nitrogen and oxygen atoms in total. The van der Waals surface area contributed by atoms with Gasteiger partial charge >= 0.3 is 11.7 Å². The summed E-state index contributed by atoms with van der Waals surface area (Å²) in [5.41, 5.74) is 0.721. The van der Waals surface area contributed by atoms with Crippen LogP contribution in [0, 0.1) is 25.5 Å². The fourth-order valence-corrected chi connectivity index (χ4v) is 2.83. The third kappa shape index (κ3) is 3.23. The number of amides is 1. The van der Waals surface area contributed by atoms with Crippen molar-refractivity contribution in [2.75, 3.05) is 11.4 Å². The van der Waals surface area contributed by atoms with Crippen molar-refractivity contribution in [3.8, 4) is 5.69 Å². The number of aromatic nitrogens is 4. The SMILES string of the molecule is CCN(C(=O)n1nnn(-c2c(F)cccc2F)c1=O)c1ccc(C)cc1C. The van der Waals surface area contributed by atoms with Crippen LogP contribution in [0.4, 0.5) is 19.3 Å². The zero-order valence-corrected chi connectivity index (χ0v) is 15.0. The number of aryl methyl sites for hydroxylation is 2. The number of tetrazole rings is 1. The first-order valence-corrected chi connectivity index (χ1v) is 8.23. The van der Waals surface area contributed by atoms with Crippen molar-refractivity contribution >= 4 is 11.7 Å². The van der Waals surface area contributed by atoms with Gasteiger partial charge in [-0.25, -0.2) is 18.4 Å². The van der Waals surface area contributed by atoms with Gasteiger partial charge in [-0.15, -0.1) is 4.68 Å². The zero-order chi connectivity index (χ0) is 19.7. The first-order valence-electron chi connectivity index (χ1n) is 8.23. The Morgan fingerprint density at radius 3 is 2.37 bits per heavy atom. The predicted octanol–water partition coefficient (Wildman–Crippen LogP) is 2.82. The number of nitrogens with zero attached hydrogens (tertiary/aromatic N) is 5. The standard InChI is InChI=1S/C18H17F2N5O2/c1-4-23(15-9-8-11(2)10-12(15)3)17(26)25-18(27)24(21-22-25)16-13(19)6-5-7-14(16)20/h5-10H,4H2,1-3H3. The predicted molar refractivity (Wildman–Crippen MR) is 95.3 cm³/mol. The van der Waals surface area contributed by atoms with Gasteiger partial charge in [0.1, 0.15) is 5.69 Å². The van der Waals surface area contributed by atoms with Gasteiger partial charge in [0, 0.05) is 12.2 Å². The fourth-order valence-electron chi connectivity index (χ4n) is 2.83. The third-order valence-corrected chi connectivity index (χ3v) is 4.10. The highest BCUT2D eigenvalue weighted by molar-refractivity contribution is 5.93. The van der Waals surface area contributed by atoms with E-state index in [1.54, 1.807) is 13.0 Å². The molecule has 0 fully saturated rings. The number of anilines is 1. The minimum atomic E-state index is -1.06. The number of carbonyl (C=O) groups is 1. The van der Waals surface area contributed by atoms with Crippen molar-refractivity contribution in [3.63, 3.8) is 0 Å². The Bertz CT molecular complexity index is 1050. The fraction of sp³-hybridized carbons (Fsp3) is 0.222. The van der Waals surface area contributed by atoms with Gasteiger partial charge < -0.3 is 0 Å². The van der Waals surface area contributed by atoms with Crippen LogP contribution in [0.2, 0.25) is 0 Å². The van der Waals surface area contributed by atoms with E-state index in [9.17, 15) is 18.4 Å². The summed E-state index contributed by atoms with van der Waals surface area (Å²) in [7, 11) is 0. The van der Waals surface area contributed by atoms with Crippen molar-refractivity contribution in [2.24, 2.45) is 0 Å². The van der Waals surface area contributed by atoms with E-state index in [1.807, 2.05) is 26.0 Å². The summed E-state index contributed by atoms with van der Waals surface area (Å²) in [6, 6.07) is 7.87. The molecule has 2 aromatic carbocycles. The second-order valence-corrected chi connectivity index (χ2v) is 5.97. The van der Waals surface area contributed by atoms with Gasteiger partial charge in [0.2, 0.25) is 0 Å². The number of rotatable bonds is 3. The second kappa shape index (κ2) is 7.10. The lowest BCUT2D eigenvalue weighted by Gasteiger charge is -2.22. The van der Waals surface area contributed by atoms with Gasteiger partial charge in [-0.3, -0.25) is 4.90 Å². The molecular formula is C18H17F2N5O2. The van der Waals surface area contributed by atoms with E-state index in [-0.39, 0.29) is 6.54 Å². The average Bonchev–Trinajstić information content (AvgIpc) is 2.98. The Hall–Kier alpha value is -3.36. The van der Waals surface area contributed by atoms with Crippen LogP contribution < -0.4 is 10.6 Å². The normalized spacial score (nSPS) is 10.9. The Balaban J connectivity index is 2.05. The lowest BCUT2D eigenvalue weighted by Crippen LogP contribution is -2.41. The van der Waals surface area contributed by atoms with E-state index in [1.165, 1.54) is 4.90 Å². The van der Waals surface area contributed by atoms with Crippen LogP contribution in [0.15, 0.2) is 41.2 Å². The zero-order valence-electron chi connectivity index (χ0n) is 15.0. The second-order valence-electron chi connectivity index (χ2n) is 5.97. The van der Waals surface area contributed by atoms with Gasteiger partial charge in [0.05, 0.1) is 0 Å². The summed E-state index contributed by atoms with van der Waals surface area (Å²) in [4.78, 5) is 26.7. The van der Waals surface area contributed by atoms with Crippen LogP contribution in [0.25, 0.3) is 5.69 Å². The number of para-hydroxylation sites is 1. The Kier molecular flexibility index (Phi) is 4.85. The molecule has 0 aliphatic rings. The molecule has 9 heteroatoms. The number of halogens is 2. The monoisotopic (exact) mass is 373 g/mol. The molecule has 27 heavy (non-hydrogen) atoms. The van der Waals surface area contributed by atoms with Crippen LogP contribution in [-0.2, 0) is 0 Å². The van der Waals surface area contributed by atoms with E-state index < -0.39 is 29.0 Å². The average molecular weight is 373 g/mol. The highest BCUT2D eigenvalue weighted by Crippen LogP contribution is 2.21. The van der Waals surface area contributed by atoms with E-state index in [2.05, 4.69) is 10.4 Å². The first-order chi connectivity index (χ1) is 12.8. The molecule has 0 saturated heterocycles. The van der Waals surface area contributed by atoms with Crippen LogP contribution in [0.1, 0.15) is 18.1 Å². The number of benzene rings is 2.